The van der Waals surface area contributed by atoms with Gasteiger partial charge in [0.05, 0.1) is 11.0 Å². The van der Waals surface area contributed by atoms with Crippen LogP contribution in [-0.2, 0) is 10.0 Å². The van der Waals surface area contributed by atoms with Crippen molar-refractivity contribution in [1.82, 2.24) is 5.32 Å². The number of nitriles is 1. The number of hydrogen-bond donors (Lipinski definition) is 2. The van der Waals surface area contributed by atoms with Crippen LogP contribution in [0.25, 0.3) is 11.1 Å². The topological polar surface area (TPSA) is 99.1 Å². The van der Waals surface area contributed by atoms with Gasteiger partial charge in [-0.3, -0.25) is 9.52 Å². The van der Waals surface area contributed by atoms with Crippen molar-refractivity contribution in [2.75, 3.05) is 11.3 Å². The molecule has 0 radical (unpaired) electrons. The minimum absolute atomic E-state index is 0.0601. The maximum atomic E-state index is 12.9. The number of anilines is 1. The fourth-order valence-electron chi connectivity index (χ4n) is 3.05. The minimum Gasteiger partial charge on any atom is -0.339 e. The van der Waals surface area contributed by atoms with Crippen LogP contribution in [0, 0.1) is 25.2 Å². The van der Waals surface area contributed by atoms with E-state index in [-0.39, 0.29) is 17.3 Å². The molecule has 2 N–H and O–H groups in total. The predicted octanol–water partition coefficient (Wildman–Crippen LogP) is 4.68. The highest BCUT2D eigenvalue weighted by Gasteiger charge is 2.18. The number of amides is 1. The second-order valence-electron chi connectivity index (χ2n) is 6.97. The van der Waals surface area contributed by atoms with Crippen LogP contribution < -0.4 is 10.0 Å². The van der Waals surface area contributed by atoms with Gasteiger partial charge in [0.25, 0.3) is 15.9 Å². The van der Waals surface area contributed by atoms with E-state index in [2.05, 4.69) is 10.0 Å². The van der Waals surface area contributed by atoms with Crippen LogP contribution in [-0.4, -0.2) is 20.9 Å². The number of nitrogens with one attached hydrogen (secondary N) is 2. The molecule has 1 amide bonds. The summed E-state index contributed by atoms with van der Waals surface area (Å²) in [5.41, 5.74) is 3.69. The molecule has 158 valence electrons. The molecule has 0 bridgehead atoms. The first-order valence-corrected chi connectivity index (χ1v) is 11.2. The molecule has 31 heavy (non-hydrogen) atoms. The summed E-state index contributed by atoms with van der Waals surface area (Å²) in [7, 11) is -3.80. The highest BCUT2D eigenvalue weighted by atomic mass is 35.5. The Morgan fingerprint density at radius 1 is 1.00 bits per heavy atom. The van der Waals surface area contributed by atoms with Gasteiger partial charge in [0.2, 0.25) is 0 Å². The van der Waals surface area contributed by atoms with Crippen molar-refractivity contribution < 1.29 is 13.2 Å². The van der Waals surface area contributed by atoms with Gasteiger partial charge in [-0.05, 0) is 72.5 Å². The number of nitrogens with zero attached hydrogens (tertiary/aromatic N) is 1. The van der Waals surface area contributed by atoms with Crippen LogP contribution in [0.15, 0.2) is 65.6 Å². The Labute approximate surface area is 186 Å². The van der Waals surface area contributed by atoms with Crippen LogP contribution in [0.3, 0.4) is 0 Å². The monoisotopic (exact) mass is 453 g/mol. The van der Waals surface area contributed by atoms with Crippen LogP contribution in [0.4, 0.5) is 5.69 Å². The molecule has 0 unspecified atom stereocenters. The Balaban J connectivity index is 1.85. The summed E-state index contributed by atoms with van der Waals surface area (Å²) in [5.74, 6) is -0.330. The van der Waals surface area contributed by atoms with E-state index in [1.807, 2.05) is 12.1 Å². The second-order valence-corrected chi connectivity index (χ2v) is 9.03. The molecule has 0 heterocycles. The fourth-order valence-corrected chi connectivity index (χ4v) is 4.63. The molecule has 0 aromatic heterocycles. The van der Waals surface area contributed by atoms with E-state index in [0.29, 0.717) is 27.4 Å². The van der Waals surface area contributed by atoms with Crippen LogP contribution in [0.5, 0.6) is 0 Å². The summed E-state index contributed by atoms with van der Waals surface area (Å²) in [6.07, 6.45) is 0. The molecular formula is C23H20ClN3O3S. The molecule has 0 atom stereocenters. The summed E-state index contributed by atoms with van der Waals surface area (Å²) < 4.78 is 28.5. The number of halogens is 1. The largest absolute Gasteiger partial charge is 0.339 e. The van der Waals surface area contributed by atoms with Crippen molar-refractivity contribution in [2.45, 2.75) is 18.7 Å². The van der Waals surface area contributed by atoms with Gasteiger partial charge in [0.1, 0.15) is 6.54 Å². The molecule has 0 spiro atoms. The highest BCUT2D eigenvalue weighted by molar-refractivity contribution is 7.92. The average Bonchev–Trinajstić information content (AvgIpc) is 2.74. The van der Waals surface area contributed by atoms with Crippen molar-refractivity contribution in [3.05, 3.63) is 82.4 Å². The normalized spacial score (nSPS) is 10.9. The SMILES string of the molecule is Cc1cc(S(=O)(=O)Nc2cccc(-c3ccc(C(=O)NCC#N)cc3)c2)c(C)cc1Cl. The zero-order valence-corrected chi connectivity index (χ0v) is 18.5. The van der Waals surface area contributed by atoms with Gasteiger partial charge in [0, 0.05) is 16.3 Å². The Morgan fingerprint density at radius 3 is 2.39 bits per heavy atom. The number of carbonyl (C=O) groups excluding carboxylic acids is 1. The Kier molecular flexibility index (Phi) is 6.64. The van der Waals surface area contributed by atoms with Gasteiger partial charge >= 0.3 is 0 Å². The summed E-state index contributed by atoms with van der Waals surface area (Å²) in [6, 6.07) is 18.9. The van der Waals surface area contributed by atoms with Crippen LogP contribution in [0.1, 0.15) is 21.5 Å². The first-order valence-electron chi connectivity index (χ1n) is 9.36. The Bertz CT molecular complexity index is 1280. The molecule has 0 aliphatic carbocycles. The number of sulfonamides is 1. The lowest BCUT2D eigenvalue weighted by molar-refractivity contribution is 0.0958. The molecule has 3 aromatic rings. The molecule has 6 nitrogen and oxygen atoms in total. The fraction of sp³-hybridized carbons (Fsp3) is 0.130. The minimum atomic E-state index is -3.80. The lowest BCUT2D eigenvalue weighted by Gasteiger charge is -2.13. The van der Waals surface area contributed by atoms with E-state index in [4.69, 9.17) is 16.9 Å². The molecule has 3 aromatic carbocycles. The number of rotatable bonds is 6. The standard InChI is InChI=1S/C23H20ClN3O3S/c1-15-13-22(16(2)12-21(15)24)31(29,30)27-20-5-3-4-19(14-20)17-6-8-18(9-7-17)23(28)26-11-10-25/h3-9,12-14,27H,11H2,1-2H3,(H,26,28). The van der Waals surface area contributed by atoms with Gasteiger partial charge < -0.3 is 5.32 Å². The zero-order valence-electron chi connectivity index (χ0n) is 16.9. The Morgan fingerprint density at radius 2 is 1.71 bits per heavy atom. The summed E-state index contributed by atoms with van der Waals surface area (Å²) in [6.45, 7) is 3.39. The zero-order chi connectivity index (χ0) is 22.6. The third-order valence-corrected chi connectivity index (χ3v) is 6.60. The molecule has 0 saturated heterocycles. The van der Waals surface area contributed by atoms with E-state index in [1.165, 1.54) is 0 Å². The number of carbonyl (C=O) groups is 1. The first-order chi connectivity index (χ1) is 14.7. The molecule has 8 heteroatoms. The molecule has 0 saturated carbocycles. The van der Waals surface area contributed by atoms with Gasteiger partial charge in [-0.2, -0.15) is 5.26 Å². The lowest BCUT2D eigenvalue weighted by Crippen LogP contribution is -2.23. The van der Waals surface area contributed by atoms with Gasteiger partial charge in [-0.15, -0.1) is 0 Å². The van der Waals surface area contributed by atoms with Crippen molar-refractivity contribution >= 4 is 33.2 Å². The predicted molar refractivity (Wildman–Crippen MR) is 122 cm³/mol. The van der Waals surface area contributed by atoms with E-state index in [9.17, 15) is 13.2 Å². The van der Waals surface area contributed by atoms with Crippen LogP contribution in [0.2, 0.25) is 5.02 Å². The molecule has 0 aliphatic rings. The first kappa shape index (κ1) is 22.3. The Hall–Kier alpha value is -3.34. The highest BCUT2D eigenvalue weighted by Crippen LogP contribution is 2.28. The van der Waals surface area contributed by atoms with E-state index in [0.717, 1.165) is 11.1 Å². The smallest absolute Gasteiger partial charge is 0.262 e. The molecule has 0 aliphatic heterocycles. The second kappa shape index (κ2) is 9.21. The van der Waals surface area contributed by atoms with Crippen molar-refractivity contribution in [3.8, 4) is 17.2 Å². The third-order valence-electron chi connectivity index (χ3n) is 4.67. The van der Waals surface area contributed by atoms with Gasteiger partial charge in [0.15, 0.2) is 0 Å². The summed E-state index contributed by atoms with van der Waals surface area (Å²) in [4.78, 5) is 12.1. The molecule has 0 fully saturated rings. The molecular weight excluding hydrogens is 434 g/mol. The van der Waals surface area contributed by atoms with Gasteiger partial charge in [-0.25, -0.2) is 8.42 Å². The third kappa shape index (κ3) is 5.23. The summed E-state index contributed by atoms with van der Waals surface area (Å²) in [5, 5.41) is 11.6. The number of aryl methyl sites for hydroxylation is 2. The van der Waals surface area contributed by atoms with Crippen molar-refractivity contribution in [3.63, 3.8) is 0 Å². The summed E-state index contributed by atoms with van der Waals surface area (Å²) >= 11 is 6.09. The van der Waals surface area contributed by atoms with Crippen molar-refractivity contribution in [1.29, 1.82) is 5.26 Å². The maximum absolute atomic E-state index is 12.9. The number of benzene rings is 3. The average molecular weight is 454 g/mol. The van der Waals surface area contributed by atoms with Crippen molar-refractivity contribution in [2.24, 2.45) is 0 Å². The van der Waals surface area contributed by atoms with E-state index < -0.39 is 10.0 Å². The van der Waals surface area contributed by atoms with Gasteiger partial charge in [-0.1, -0.05) is 35.9 Å². The van der Waals surface area contributed by atoms with Crippen LogP contribution >= 0.6 is 11.6 Å². The quantitative estimate of drug-likeness (QED) is 0.529. The number of hydrogen-bond acceptors (Lipinski definition) is 4. The van der Waals surface area contributed by atoms with E-state index >= 15 is 0 Å². The molecule has 3 rings (SSSR count). The maximum Gasteiger partial charge on any atom is 0.262 e. The van der Waals surface area contributed by atoms with E-state index in [1.54, 1.807) is 68.4 Å². The lowest BCUT2D eigenvalue weighted by atomic mass is 10.0.